The first-order chi connectivity index (χ1) is 7.84. The van der Waals surface area contributed by atoms with E-state index in [2.05, 4.69) is 39.9 Å². The Morgan fingerprint density at radius 1 is 1.29 bits per heavy atom. The van der Waals surface area contributed by atoms with E-state index in [1.54, 1.807) is 0 Å². The molecule has 0 aromatic rings. The van der Waals surface area contributed by atoms with Gasteiger partial charge in [0.25, 0.3) is 0 Å². The summed E-state index contributed by atoms with van der Waals surface area (Å²) in [6, 6.07) is 0.307. The molecule has 0 bridgehead atoms. The Morgan fingerprint density at radius 3 is 2.24 bits per heavy atom. The molecule has 0 aliphatic carbocycles. The number of hydrogen-bond donors (Lipinski definition) is 2. The van der Waals surface area contributed by atoms with Gasteiger partial charge in [0.2, 0.25) is 5.91 Å². The van der Waals surface area contributed by atoms with Gasteiger partial charge in [0.1, 0.15) is 0 Å². The predicted molar refractivity (Wildman–Crippen MR) is 73.7 cm³/mol. The SMILES string of the molecule is CCCC(CC)NC(=O)C(CN)CC(C)(C)C. The van der Waals surface area contributed by atoms with E-state index in [1.165, 1.54) is 0 Å². The Balaban J connectivity index is 4.33. The average molecular weight is 242 g/mol. The fraction of sp³-hybridized carbons (Fsp3) is 0.929. The topological polar surface area (TPSA) is 55.1 Å². The number of hydrogen-bond acceptors (Lipinski definition) is 2. The van der Waals surface area contributed by atoms with Gasteiger partial charge in [0, 0.05) is 12.6 Å². The van der Waals surface area contributed by atoms with E-state index in [4.69, 9.17) is 5.73 Å². The number of carbonyl (C=O) groups excluding carboxylic acids is 1. The summed E-state index contributed by atoms with van der Waals surface area (Å²) in [4.78, 5) is 12.1. The lowest BCUT2D eigenvalue weighted by Gasteiger charge is -2.26. The van der Waals surface area contributed by atoms with E-state index in [0.29, 0.717) is 12.6 Å². The number of nitrogens with two attached hydrogens (primary N) is 1. The van der Waals surface area contributed by atoms with Crippen LogP contribution in [0.25, 0.3) is 0 Å². The molecule has 0 saturated carbocycles. The predicted octanol–water partition coefficient (Wildman–Crippen LogP) is 2.69. The lowest BCUT2D eigenvalue weighted by atomic mass is 9.84. The third kappa shape index (κ3) is 7.37. The van der Waals surface area contributed by atoms with Crippen LogP contribution >= 0.6 is 0 Å². The summed E-state index contributed by atoms with van der Waals surface area (Å²) in [5, 5.41) is 3.12. The molecule has 102 valence electrons. The molecule has 2 atom stereocenters. The van der Waals surface area contributed by atoms with Crippen LogP contribution in [0.4, 0.5) is 0 Å². The van der Waals surface area contributed by atoms with Crippen LogP contribution in [0.2, 0.25) is 0 Å². The van der Waals surface area contributed by atoms with Crippen LogP contribution in [-0.2, 0) is 4.79 Å². The highest BCUT2D eigenvalue weighted by Crippen LogP contribution is 2.24. The van der Waals surface area contributed by atoms with E-state index < -0.39 is 0 Å². The van der Waals surface area contributed by atoms with Crippen LogP contribution in [0.3, 0.4) is 0 Å². The number of carbonyl (C=O) groups is 1. The summed E-state index contributed by atoms with van der Waals surface area (Å²) < 4.78 is 0. The summed E-state index contributed by atoms with van der Waals surface area (Å²) in [6.07, 6.45) is 3.99. The minimum Gasteiger partial charge on any atom is -0.353 e. The Morgan fingerprint density at radius 2 is 1.88 bits per heavy atom. The Labute approximate surface area is 107 Å². The lowest BCUT2D eigenvalue weighted by molar-refractivity contribution is -0.126. The van der Waals surface area contributed by atoms with E-state index in [0.717, 1.165) is 25.7 Å². The van der Waals surface area contributed by atoms with Gasteiger partial charge in [-0.3, -0.25) is 4.79 Å². The highest BCUT2D eigenvalue weighted by molar-refractivity contribution is 5.79. The highest BCUT2D eigenvalue weighted by Gasteiger charge is 2.24. The fourth-order valence-corrected chi connectivity index (χ4v) is 2.07. The molecular formula is C14H30N2O. The van der Waals surface area contributed by atoms with Crippen LogP contribution in [0.1, 0.15) is 60.3 Å². The maximum Gasteiger partial charge on any atom is 0.224 e. The van der Waals surface area contributed by atoms with Crippen molar-refractivity contribution >= 4 is 5.91 Å². The van der Waals surface area contributed by atoms with Crippen molar-refractivity contribution in [1.29, 1.82) is 0 Å². The van der Waals surface area contributed by atoms with E-state index in [9.17, 15) is 4.79 Å². The summed E-state index contributed by atoms with van der Waals surface area (Å²) in [5.74, 6) is 0.0728. The number of nitrogens with one attached hydrogen (secondary N) is 1. The molecule has 3 heteroatoms. The molecule has 17 heavy (non-hydrogen) atoms. The van der Waals surface area contributed by atoms with Crippen molar-refractivity contribution in [1.82, 2.24) is 5.32 Å². The first-order valence-electron chi connectivity index (χ1n) is 6.84. The molecule has 2 unspecified atom stereocenters. The zero-order valence-electron chi connectivity index (χ0n) is 12.2. The Hall–Kier alpha value is -0.570. The quantitative estimate of drug-likeness (QED) is 0.721. The largest absolute Gasteiger partial charge is 0.353 e. The first kappa shape index (κ1) is 16.4. The zero-order chi connectivity index (χ0) is 13.5. The fourth-order valence-electron chi connectivity index (χ4n) is 2.07. The van der Waals surface area contributed by atoms with Gasteiger partial charge >= 0.3 is 0 Å². The molecule has 1 amide bonds. The van der Waals surface area contributed by atoms with Gasteiger partial charge in [-0.2, -0.15) is 0 Å². The summed E-state index contributed by atoms with van der Waals surface area (Å²) in [6.45, 7) is 11.1. The van der Waals surface area contributed by atoms with Crippen molar-refractivity contribution in [3.05, 3.63) is 0 Å². The maximum absolute atomic E-state index is 12.1. The minimum atomic E-state index is -0.0547. The molecule has 0 aliphatic heterocycles. The molecule has 0 aromatic carbocycles. The third-order valence-corrected chi connectivity index (χ3v) is 2.99. The molecule has 0 radical (unpaired) electrons. The Bertz CT molecular complexity index is 221. The summed E-state index contributed by atoms with van der Waals surface area (Å²) in [7, 11) is 0. The third-order valence-electron chi connectivity index (χ3n) is 2.99. The smallest absolute Gasteiger partial charge is 0.224 e. The van der Waals surface area contributed by atoms with Crippen molar-refractivity contribution in [2.75, 3.05) is 6.54 Å². The summed E-state index contributed by atoms with van der Waals surface area (Å²) >= 11 is 0. The number of amides is 1. The van der Waals surface area contributed by atoms with Gasteiger partial charge in [-0.25, -0.2) is 0 Å². The van der Waals surface area contributed by atoms with Gasteiger partial charge < -0.3 is 11.1 Å². The maximum atomic E-state index is 12.1. The van der Waals surface area contributed by atoms with E-state index in [1.807, 2.05) is 0 Å². The Kier molecular flexibility index (Phi) is 7.44. The molecule has 0 rings (SSSR count). The molecular weight excluding hydrogens is 212 g/mol. The molecule has 0 aliphatic rings. The van der Waals surface area contributed by atoms with E-state index in [-0.39, 0.29) is 17.2 Å². The van der Waals surface area contributed by atoms with Crippen LogP contribution in [0.15, 0.2) is 0 Å². The van der Waals surface area contributed by atoms with Crippen molar-refractivity contribution in [3.63, 3.8) is 0 Å². The van der Waals surface area contributed by atoms with Crippen molar-refractivity contribution in [2.45, 2.75) is 66.3 Å². The second-order valence-corrected chi connectivity index (χ2v) is 6.10. The second-order valence-electron chi connectivity index (χ2n) is 6.10. The van der Waals surface area contributed by atoms with Gasteiger partial charge in [-0.15, -0.1) is 0 Å². The van der Waals surface area contributed by atoms with Crippen LogP contribution in [-0.4, -0.2) is 18.5 Å². The van der Waals surface area contributed by atoms with Gasteiger partial charge in [-0.1, -0.05) is 41.0 Å². The molecule has 0 aromatic heterocycles. The molecule has 0 saturated heterocycles. The van der Waals surface area contributed by atoms with Crippen LogP contribution < -0.4 is 11.1 Å². The standard InChI is InChI=1S/C14H30N2O/c1-6-8-12(7-2)16-13(17)11(10-15)9-14(3,4)5/h11-12H,6-10,15H2,1-5H3,(H,16,17). The average Bonchev–Trinajstić information content (AvgIpc) is 2.23. The lowest BCUT2D eigenvalue weighted by Crippen LogP contribution is -2.42. The molecule has 0 fully saturated rings. The van der Waals surface area contributed by atoms with Crippen LogP contribution in [0, 0.1) is 11.3 Å². The van der Waals surface area contributed by atoms with E-state index >= 15 is 0 Å². The monoisotopic (exact) mass is 242 g/mol. The van der Waals surface area contributed by atoms with Crippen LogP contribution in [0.5, 0.6) is 0 Å². The molecule has 0 spiro atoms. The zero-order valence-corrected chi connectivity index (χ0v) is 12.2. The molecule has 3 nitrogen and oxygen atoms in total. The molecule has 3 N–H and O–H groups in total. The minimum absolute atomic E-state index is 0.0547. The van der Waals surface area contributed by atoms with Gasteiger partial charge in [0.15, 0.2) is 0 Å². The summed E-state index contributed by atoms with van der Waals surface area (Å²) in [5.41, 5.74) is 5.86. The van der Waals surface area contributed by atoms with Gasteiger partial charge in [0.05, 0.1) is 5.92 Å². The second kappa shape index (κ2) is 7.70. The number of rotatable bonds is 7. The van der Waals surface area contributed by atoms with Crippen molar-refractivity contribution < 1.29 is 4.79 Å². The normalized spacial score (nSPS) is 15.4. The van der Waals surface area contributed by atoms with Gasteiger partial charge in [-0.05, 0) is 24.7 Å². The van der Waals surface area contributed by atoms with Crippen molar-refractivity contribution in [2.24, 2.45) is 17.1 Å². The first-order valence-corrected chi connectivity index (χ1v) is 6.84. The highest BCUT2D eigenvalue weighted by atomic mass is 16.1. The van der Waals surface area contributed by atoms with Crippen molar-refractivity contribution in [3.8, 4) is 0 Å². The molecule has 0 heterocycles.